The molecule has 0 saturated carbocycles. The van der Waals surface area contributed by atoms with Gasteiger partial charge in [-0.25, -0.2) is 8.42 Å². The molecule has 0 atom stereocenters. The van der Waals surface area contributed by atoms with Crippen molar-refractivity contribution in [3.63, 3.8) is 0 Å². The maximum atomic E-state index is 12.9. The third-order valence-corrected chi connectivity index (χ3v) is 6.93. The average Bonchev–Trinajstić information content (AvgIpc) is 3.15. The molecule has 1 saturated heterocycles. The fraction of sp³-hybridized carbons (Fsp3) is 0.389. The van der Waals surface area contributed by atoms with Crippen LogP contribution in [0.1, 0.15) is 16.9 Å². The number of hydrogen-bond acceptors (Lipinski definition) is 4. The smallest absolute Gasteiger partial charge is 0.243 e. The van der Waals surface area contributed by atoms with E-state index in [9.17, 15) is 8.42 Å². The molecule has 0 amide bonds. The zero-order valence-electron chi connectivity index (χ0n) is 14.9. The molecule has 1 fully saturated rings. The highest BCUT2D eigenvalue weighted by Gasteiger charge is 2.29. The molecule has 0 unspecified atom stereocenters. The van der Waals surface area contributed by atoms with Gasteiger partial charge in [-0.1, -0.05) is 6.07 Å². The topological polar surface area (TPSA) is 65.8 Å². The summed E-state index contributed by atoms with van der Waals surface area (Å²) in [5.41, 5.74) is 2.06. The number of aryl methyl sites for hydroxylation is 2. The van der Waals surface area contributed by atoms with Crippen LogP contribution in [0.5, 0.6) is 0 Å². The number of nitrogens with zero attached hydrogens (tertiary/aromatic N) is 2. The first kappa shape index (κ1) is 18.9. The standard InChI is InChI=1S/C18H23N3O3S2/c1-14-5-6-17(12-15(14)2)26(22,23)21-9-7-20(8-10-21)18(25)19-13-16-4-3-11-24-16/h3-6,11-12H,7-10,13H2,1-2H3,(H,19,25). The molecule has 1 aliphatic rings. The summed E-state index contributed by atoms with van der Waals surface area (Å²) in [6, 6.07) is 8.98. The van der Waals surface area contributed by atoms with Gasteiger partial charge in [0, 0.05) is 26.2 Å². The van der Waals surface area contributed by atoms with Gasteiger partial charge in [-0.15, -0.1) is 0 Å². The highest BCUT2D eigenvalue weighted by Crippen LogP contribution is 2.20. The molecule has 26 heavy (non-hydrogen) atoms. The summed E-state index contributed by atoms with van der Waals surface area (Å²) in [5, 5.41) is 3.76. The molecule has 1 N–H and O–H groups in total. The van der Waals surface area contributed by atoms with Crippen LogP contribution < -0.4 is 5.32 Å². The van der Waals surface area contributed by atoms with Gasteiger partial charge in [0.1, 0.15) is 5.76 Å². The molecule has 2 heterocycles. The first-order valence-corrected chi connectivity index (χ1v) is 10.4. The van der Waals surface area contributed by atoms with Gasteiger partial charge in [-0.05, 0) is 61.5 Å². The van der Waals surface area contributed by atoms with Crippen molar-refractivity contribution in [3.05, 3.63) is 53.5 Å². The zero-order chi connectivity index (χ0) is 18.7. The van der Waals surface area contributed by atoms with E-state index in [1.165, 1.54) is 4.31 Å². The fourth-order valence-electron chi connectivity index (χ4n) is 2.84. The minimum atomic E-state index is -3.47. The van der Waals surface area contributed by atoms with Crippen molar-refractivity contribution < 1.29 is 12.8 Å². The Kier molecular flexibility index (Phi) is 5.64. The summed E-state index contributed by atoms with van der Waals surface area (Å²) in [4.78, 5) is 2.34. The van der Waals surface area contributed by atoms with Gasteiger partial charge >= 0.3 is 0 Å². The van der Waals surface area contributed by atoms with E-state index in [0.29, 0.717) is 42.7 Å². The fourth-order valence-corrected chi connectivity index (χ4v) is 4.61. The zero-order valence-corrected chi connectivity index (χ0v) is 16.6. The van der Waals surface area contributed by atoms with Crippen molar-refractivity contribution in [1.29, 1.82) is 0 Å². The molecule has 1 aliphatic heterocycles. The summed E-state index contributed by atoms with van der Waals surface area (Å²) in [6.07, 6.45) is 1.62. The summed E-state index contributed by atoms with van der Waals surface area (Å²) in [7, 11) is -3.47. The van der Waals surface area contributed by atoms with E-state index in [4.69, 9.17) is 16.6 Å². The van der Waals surface area contributed by atoms with Crippen LogP contribution in [0, 0.1) is 13.8 Å². The van der Waals surface area contributed by atoms with Crippen molar-refractivity contribution in [2.45, 2.75) is 25.3 Å². The lowest BCUT2D eigenvalue weighted by atomic mass is 10.1. The van der Waals surface area contributed by atoms with Crippen LogP contribution in [0.3, 0.4) is 0 Å². The van der Waals surface area contributed by atoms with Crippen LogP contribution in [-0.2, 0) is 16.6 Å². The Morgan fingerprint density at radius 3 is 2.50 bits per heavy atom. The van der Waals surface area contributed by atoms with Crippen LogP contribution in [0.15, 0.2) is 45.9 Å². The summed E-state index contributed by atoms with van der Waals surface area (Å²) in [6.45, 7) is 6.38. The van der Waals surface area contributed by atoms with Gasteiger partial charge < -0.3 is 14.6 Å². The first-order valence-electron chi connectivity index (χ1n) is 8.50. The Morgan fingerprint density at radius 1 is 1.15 bits per heavy atom. The first-order chi connectivity index (χ1) is 12.4. The Balaban J connectivity index is 1.58. The number of hydrogen-bond donors (Lipinski definition) is 1. The predicted octanol–water partition coefficient (Wildman–Crippen LogP) is 2.28. The molecule has 0 aliphatic carbocycles. The summed E-state index contributed by atoms with van der Waals surface area (Å²) in [5.74, 6) is 0.809. The summed E-state index contributed by atoms with van der Waals surface area (Å²) >= 11 is 5.41. The quantitative estimate of drug-likeness (QED) is 0.804. The molecule has 0 bridgehead atoms. The molecule has 0 radical (unpaired) electrons. The number of benzene rings is 1. The molecule has 1 aromatic carbocycles. The SMILES string of the molecule is Cc1ccc(S(=O)(=O)N2CCN(C(=S)NCc3ccco3)CC2)cc1C. The largest absolute Gasteiger partial charge is 0.467 e. The number of rotatable bonds is 4. The molecule has 8 heteroatoms. The van der Waals surface area contributed by atoms with E-state index in [0.717, 1.165) is 16.9 Å². The normalized spacial score (nSPS) is 15.8. The number of piperazine rings is 1. The lowest BCUT2D eigenvalue weighted by Gasteiger charge is -2.35. The van der Waals surface area contributed by atoms with Crippen LogP contribution in [0.4, 0.5) is 0 Å². The molecule has 140 valence electrons. The predicted molar refractivity (Wildman–Crippen MR) is 104 cm³/mol. The van der Waals surface area contributed by atoms with E-state index < -0.39 is 10.0 Å². The van der Waals surface area contributed by atoms with Gasteiger partial charge in [0.15, 0.2) is 5.11 Å². The van der Waals surface area contributed by atoms with Crippen LogP contribution in [-0.4, -0.2) is 48.9 Å². The monoisotopic (exact) mass is 393 g/mol. The second kappa shape index (κ2) is 7.77. The van der Waals surface area contributed by atoms with E-state index in [-0.39, 0.29) is 0 Å². The maximum absolute atomic E-state index is 12.9. The second-order valence-corrected chi connectivity index (χ2v) is 8.70. The molecule has 2 aromatic rings. The second-order valence-electron chi connectivity index (χ2n) is 6.38. The van der Waals surface area contributed by atoms with Crippen molar-refractivity contribution in [3.8, 4) is 0 Å². The van der Waals surface area contributed by atoms with Gasteiger partial charge in [0.25, 0.3) is 0 Å². The minimum Gasteiger partial charge on any atom is -0.467 e. The highest BCUT2D eigenvalue weighted by atomic mass is 32.2. The van der Waals surface area contributed by atoms with E-state index >= 15 is 0 Å². The molecule has 3 rings (SSSR count). The number of furan rings is 1. The molecular weight excluding hydrogens is 370 g/mol. The molecular formula is C18H23N3O3S2. The van der Waals surface area contributed by atoms with Gasteiger partial charge in [0.2, 0.25) is 10.0 Å². The van der Waals surface area contributed by atoms with Gasteiger partial charge in [-0.2, -0.15) is 4.31 Å². The van der Waals surface area contributed by atoms with Crippen LogP contribution >= 0.6 is 12.2 Å². The van der Waals surface area contributed by atoms with Crippen molar-refractivity contribution in [2.75, 3.05) is 26.2 Å². The van der Waals surface area contributed by atoms with Crippen molar-refractivity contribution in [2.24, 2.45) is 0 Å². The third-order valence-electron chi connectivity index (χ3n) is 4.64. The van der Waals surface area contributed by atoms with Crippen LogP contribution in [0.25, 0.3) is 0 Å². The lowest BCUT2D eigenvalue weighted by molar-refractivity contribution is 0.263. The molecule has 6 nitrogen and oxygen atoms in total. The Bertz CT molecular complexity index is 871. The van der Waals surface area contributed by atoms with E-state index in [1.54, 1.807) is 18.4 Å². The molecule has 1 aromatic heterocycles. The molecule has 0 spiro atoms. The lowest BCUT2D eigenvalue weighted by Crippen LogP contribution is -2.52. The maximum Gasteiger partial charge on any atom is 0.243 e. The third kappa shape index (κ3) is 4.08. The minimum absolute atomic E-state index is 0.354. The Hall–Kier alpha value is -1.90. The number of nitrogens with one attached hydrogen (secondary N) is 1. The van der Waals surface area contributed by atoms with Crippen molar-refractivity contribution in [1.82, 2.24) is 14.5 Å². The number of sulfonamides is 1. The Labute approximate surface area is 159 Å². The Morgan fingerprint density at radius 2 is 1.88 bits per heavy atom. The van der Waals surface area contributed by atoms with Gasteiger partial charge in [0.05, 0.1) is 17.7 Å². The summed E-state index contributed by atoms with van der Waals surface area (Å²) < 4.78 is 32.5. The highest BCUT2D eigenvalue weighted by molar-refractivity contribution is 7.89. The number of thiocarbonyl (C=S) groups is 1. The van der Waals surface area contributed by atoms with Crippen molar-refractivity contribution >= 4 is 27.4 Å². The van der Waals surface area contributed by atoms with Gasteiger partial charge in [-0.3, -0.25) is 0 Å². The van der Waals surface area contributed by atoms with E-state index in [1.807, 2.05) is 36.9 Å². The van der Waals surface area contributed by atoms with Crippen LogP contribution in [0.2, 0.25) is 0 Å². The average molecular weight is 394 g/mol. The van der Waals surface area contributed by atoms with E-state index in [2.05, 4.69) is 5.32 Å².